The number of aromatic nitrogens is 5. The summed E-state index contributed by atoms with van der Waals surface area (Å²) in [6, 6.07) is 25.1. The van der Waals surface area contributed by atoms with E-state index in [4.69, 9.17) is 15.0 Å². The minimum atomic E-state index is 0.336. The van der Waals surface area contributed by atoms with E-state index in [1.54, 1.807) is 12.3 Å². The molecule has 1 saturated heterocycles. The van der Waals surface area contributed by atoms with Crippen LogP contribution in [-0.2, 0) is 13.3 Å². The van der Waals surface area contributed by atoms with E-state index in [0.29, 0.717) is 24.3 Å². The van der Waals surface area contributed by atoms with Gasteiger partial charge < -0.3 is 10.1 Å². The molecule has 9 heteroatoms. The summed E-state index contributed by atoms with van der Waals surface area (Å²) in [4.78, 5) is 20.1. The van der Waals surface area contributed by atoms with Crippen molar-refractivity contribution in [3.8, 4) is 45.7 Å². The molecule has 5 aromatic rings. The maximum absolute atomic E-state index is 9.08. The SMILES string of the molecule is N#Cc1cc(NC2CCN(Cc3ccc(-c4nc5n(c4-c4ccccc4)COc4ccncc4-5)cc3)CC2)ncn1. The first-order valence-corrected chi connectivity index (χ1v) is 13.8. The van der Waals surface area contributed by atoms with Gasteiger partial charge in [0.2, 0.25) is 0 Å². The second-order valence-corrected chi connectivity index (χ2v) is 10.4. The molecule has 2 aliphatic heterocycles. The Bertz CT molecular complexity index is 1720. The Morgan fingerprint density at radius 1 is 0.976 bits per heavy atom. The van der Waals surface area contributed by atoms with E-state index in [1.807, 2.05) is 18.3 Å². The molecular formula is C32H28N8O. The van der Waals surface area contributed by atoms with Crippen LogP contribution in [0.25, 0.3) is 33.9 Å². The van der Waals surface area contributed by atoms with Gasteiger partial charge in [-0.3, -0.25) is 14.5 Å². The third kappa shape index (κ3) is 5.01. The van der Waals surface area contributed by atoms with Crippen LogP contribution < -0.4 is 10.1 Å². The number of fused-ring (bicyclic) bond motifs is 3. The van der Waals surface area contributed by atoms with Crippen molar-refractivity contribution in [2.24, 2.45) is 0 Å². The lowest BCUT2D eigenvalue weighted by Gasteiger charge is -2.32. The number of imidazole rings is 1. The monoisotopic (exact) mass is 540 g/mol. The molecule has 202 valence electrons. The second-order valence-electron chi connectivity index (χ2n) is 10.4. The molecular weight excluding hydrogens is 512 g/mol. The fraction of sp³-hybridized carbons (Fsp3) is 0.219. The smallest absolute Gasteiger partial charge is 0.167 e. The van der Waals surface area contributed by atoms with Gasteiger partial charge >= 0.3 is 0 Å². The van der Waals surface area contributed by atoms with Gasteiger partial charge in [0.05, 0.1) is 17.0 Å². The van der Waals surface area contributed by atoms with E-state index in [1.165, 1.54) is 11.9 Å². The Hall–Kier alpha value is -5.07. The average Bonchev–Trinajstić information content (AvgIpc) is 3.43. The Balaban J connectivity index is 1.08. The molecule has 0 atom stereocenters. The van der Waals surface area contributed by atoms with Crippen molar-refractivity contribution in [1.29, 1.82) is 5.26 Å². The molecule has 7 rings (SSSR count). The first kappa shape index (κ1) is 24.9. The fourth-order valence-corrected chi connectivity index (χ4v) is 5.65. The minimum Gasteiger partial charge on any atom is -0.472 e. The number of pyridine rings is 1. The summed E-state index contributed by atoms with van der Waals surface area (Å²) in [7, 11) is 0. The molecule has 0 saturated carbocycles. The number of piperidine rings is 1. The van der Waals surface area contributed by atoms with E-state index in [-0.39, 0.29) is 0 Å². The standard InChI is InChI=1S/C32H28N8O/c33-17-26-16-29(36-20-35-26)37-25-11-14-39(15-12-25)19-22-6-8-23(9-7-22)30-31(24-4-2-1-3-5-24)40-21-41-28-10-13-34-18-27(28)32(40)38-30/h1-10,13,16,18,20,25H,11-12,14-15,19,21H2,(H,35,36,37). The van der Waals surface area contributed by atoms with Crippen LogP contribution in [0.4, 0.5) is 5.82 Å². The summed E-state index contributed by atoms with van der Waals surface area (Å²) < 4.78 is 8.21. The highest BCUT2D eigenvalue weighted by Gasteiger charge is 2.26. The number of benzene rings is 2. The van der Waals surface area contributed by atoms with Gasteiger partial charge in [0.1, 0.15) is 35.5 Å². The van der Waals surface area contributed by atoms with Crippen molar-refractivity contribution in [2.45, 2.75) is 32.2 Å². The topological polar surface area (TPSA) is 105 Å². The molecule has 1 N–H and O–H groups in total. The summed E-state index contributed by atoms with van der Waals surface area (Å²) >= 11 is 0. The van der Waals surface area contributed by atoms with Gasteiger partial charge in [-0.15, -0.1) is 0 Å². The first-order chi connectivity index (χ1) is 20.2. The van der Waals surface area contributed by atoms with Gasteiger partial charge in [-0.05, 0) is 24.5 Å². The maximum atomic E-state index is 9.08. The predicted octanol–water partition coefficient (Wildman–Crippen LogP) is 5.37. The van der Waals surface area contributed by atoms with Crippen LogP contribution in [0.3, 0.4) is 0 Å². The van der Waals surface area contributed by atoms with Crippen molar-refractivity contribution in [2.75, 3.05) is 18.4 Å². The molecule has 3 aromatic heterocycles. The zero-order chi connectivity index (χ0) is 27.6. The third-order valence-electron chi connectivity index (χ3n) is 7.74. The number of ether oxygens (including phenoxy) is 1. The number of nitriles is 1. The summed E-state index contributed by atoms with van der Waals surface area (Å²) in [6.07, 6.45) is 7.04. The Morgan fingerprint density at radius 3 is 2.61 bits per heavy atom. The summed E-state index contributed by atoms with van der Waals surface area (Å²) in [5.41, 5.74) is 6.72. The van der Waals surface area contributed by atoms with Crippen molar-refractivity contribution < 1.29 is 4.74 Å². The number of hydrogen-bond acceptors (Lipinski definition) is 8. The zero-order valence-electron chi connectivity index (χ0n) is 22.4. The molecule has 41 heavy (non-hydrogen) atoms. The highest BCUT2D eigenvalue weighted by Crippen LogP contribution is 2.41. The highest BCUT2D eigenvalue weighted by atomic mass is 16.5. The van der Waals surface area contributed by atoms with Crippen LogP contribution in [0.1, 0.15) is 24.1 Å². The van der Waals surface area contributed by atoms with Gasteiger partial charge in [-0.2, -0.15) is 5.26 Å². The number of anilines is 1. The first-order valence-electron chi connectivity index (χ1n) is 13.8. The molecule has 9 nitrogen and oxygen atoms in total. The lowest BCUT2D eigenvalue weighted by molar-refractivity contribution is 0.211. The predicted molar refractivity (Wildman–Crippen MR) is 156 cm³/mol. The molecule has 1 fully saturated rings. The van der Waals surface area contributed by atoms with E-state index < -0.39 is 0 Å². The Labute approximate surface area is 238 Å². The number of rotatable bonds is 6. The lowest BCUT2D eigenvalue weighted by atomic mass is 10.0. The molecule has 2 aliphatic rings. The third-order valence-corrected chi connectivity index (χ3v) is 7.74. The van der Waals surface area contributed by atoms with Crippen LogP contribution in [-0.4, -0.2) is 48.5 Å². The van der Waals surface area contributed by atoms with E-state index >= 15 is 0 Å². The molecule has 5 heterocycles. The van der Waals surface area contributed by atoms with Gasteiger partial charge in [-0.25, -0.2) is 15.0 Å². The Morgan fingerprint density at radius 2 is 1.80 bits per heavy atom. The van der Waals surface area contributed by atoms with Crippen molar-refractivity contribution >= 4 is 5.82 Å². The zero-order valence-corrected chi connectivity index (χ0v) is 22.4. The maximum Gasteiger partial charge on any atom is 0.167 e. The molecule has 0 spiro atoms. The average molecular weight is 541 g/mol. The molecule has 0 radical (unpaired) electrons. The van der Waals surface area contributed by atoms with Crippen molar-refractivity contribution in [1.82, 2.24) is 29.4 Å². The van der Waals surface area contributed by atoms with Crippen LogP contribution in [0.2, 0.25) is 0 Å². The van der Waals surface area contributed by atoms with Crippen molar-refractivity contribution in [3.63, 3.8) is 0 Å². The van der Waals surface area contributed by atoms with Crippen molar-refractivity contribution in [3.05, 3.63) is 96.7 Å². The van der Waals surface area contributed by atoms with E-state index in [0.717, 1.165) is 72.1 Å². The number of likely N-dealkylation sites (tertiary alicyclic amines) is 1. The molecule has 0 unspecified atom stereocenters. The summed E-state index contributed by atoms with van der Waals surface area (Å²) in [6.45, 7) is 3.30. The van der Waals surface area contributed by atoms with Gasteiger partial charge in [-0.1, -0.05) is 54.6 Å². The van der Waals surface area contributed by atoms with Gasteiger partial charge in [0.15, 0.2) is 6.73 Å². The molecule has 0 aliphatic carbocycles. The number of nitrogens with zero attached hydrogens (tertiary/aromatic N) is 7. The van der Waals surface area contributed by atoms with Crippen LogP contribution in [0.15, 0.2) is 85.5 Å². The highest BCUT2D eigenvalue weighted by molar-refractivity contribution is 5.83. The normalized spacial score (nSPS) is 14.9. The molecule has 2 aromatic carbocycles. The molecule has 0 bridgehead atoms. The largest absolute Gasteiger partial charge is 0.472 e. The quantitative estimate of drug-likeness (QED) is 0.307. The van der Waals surface area contributed by atoms with Crippen LogP contribution in [0, 0.1) is 11.3 Å². The number of hydrogen-bond donors (Lipinski definition) is 1. The fourth-order valence-electron chi connectivity index (χ4n) is 5.65. The van der Waals surface area contributed by atoms with Gasteiger partial charge in [0.25, 0.3) is 0 Å². The summed E-state index contributed by atoms with van der Waals surface area (Å²) in [5.74, 6) is 2.40. The molecule has 0 amide bonds. The number of nitrogens with one attached hydrogen (secondary N) is 1. The Kier molecular flexibility index (Phi) is 6.59. The van der Waals surface area contributed by atoms with Gasteiger partial charge in [0, 0.05) is 55.3 Å². The van der Waals surface area contributed by atoms with E-state index in [9.17, 15) is 0 Å². The summed E-state index contributed by atoms with van der Waals surface area (Å²) in [5, 5.41) is 12.5. The van der Waals surface area contributed by atoms with Crippen LogP contribution in [0.5, 0.6) is 5.75 Å². The van der Waals surface area contributed by atoms with Crippen LogP contribution >= 0.6 is 0 Å². The lowest BCUT2D eigenvalue weighted by Crippen LogP contribution is -2.38. The second kappa shape index (κ2) is 10.8. The minimum absolute atomic E-state index is 0.336. The van der Waals surface area contributed by atoms with E-state index in [2.05, 4.69) is 84.3 Å².